The second kappa shape index (κ2) is 5.90. The summed E-state index contributed by atoms with van der Waals surface area (Å²) in [5, 5.41) is 7.19. The molecule has 0 saturated heterocycles. The Labute approximate surface area is 130 Å². The monoisotopic (exact) mass is 298 g/mol. The quantitative estimate of drug-likeness (QED) is 0.935. The highest BCUT2D eigenvalue weighted by molar-refractivity contribution is 7.09. The van der Waals surface area contributed by atoms with Crippen LogP contribution in [0, 0.1) is 11.8 Å². The number of nitrogens with zero attached hydrogens (tertiary/aromatic N) is 1. The molecule has 1 aromatic heterocycles. The van der Waals surface area contributed by atoms with E-state index in [-0.39, 0.29) is 0 Å². The molecular formula is C18H22N2S. The van der Waals surface area contributed by atoms with Gasteiger partial charge in [-0.05, 0) is 48.6 Å². The van der Waals surface area contributed by atoms with Crippen LogP contribution in [0.4, 0.5) is 0 Å². The lowest BCUT2D eigenvalue weighted by atomic mass is 9.94. The van der Waals surface area contributed by atoms with Gasteiger partial charge in [0.2, 0.25) is 0 Å². The molecule has 2 unspecified atom stereocenters. The van der Waals surface area contributed by atoms with E-state index in [1.54, 1.807) is 22.5 Å². The van der Waals surface area contributed by atoms with Crippen molar-refractivity contribution in [1.29, 1.82) is 0 Å². The lowest BCUT2D eigenvalue weighted by Crippen LogP contribution is -2.39. The summed E-state index contributed by atoms with van der Waals surface area (Å²) in [6, 6.07) is 9.77. The van der Waals surface area contributed by atoms with Crippen LogP contribution in [0.15, 0.2) is 35.8 Å². The Kier molecular flexibility index (Phi) is 3.78. The zero-order chi connectivity index (χ0) is 14.1. The molecule has 1 heterocycles. The van der Waals surface area contributed by atoms with E-state index in [9.17, 15) is 0 Å². The van der Waals surface area contributed by atoms with E-state index in [0.717, 1.165) is 24.8 Å². The second-order valence-corrected chi connectivity index (χ2v) is 7.41. The molecule has 4 rings (SSSR count). The minimum absolute atomic E-state index is 0.706. The summed E-state index contributed by atoms with van der Waals surface area (Å²) in [4.78, 5) is 4.38. The van der Waals surface area contributed by atoms with E-state index in [1.165, 1.54) is 30.7 Å². The average molecular weight is 298 g/mol. The number of benzene rings is 1. The largest absolute Gasteiger partial charge is 0.313 e. The minimum Gasteiger partial charge on any atom is -0.313 e. The molecule has 3 heteroatoms. The van der Waals surface area contributed by atoms with Crippen molar-refractivity contribution in [3.05, 3.63) is 52.0 Å². The predicted octanol–water partition coefficient (Wildman–Crippen LogP) is 3.47. The number of hydrogen-bond donors (Lipinski definition) is 1. The smallest absolute Gasteiger partial charge is 0.0937 e. The van der Waals surface area contributed by atoms with E-state index < -0.39 is 0 Å². The number of thiazole rings is 1. The predicted molar refractivity (Wildman–Crippen MR) is 87.7 cm³/mol. The topological polar surface area (TPSA) is 24.9 Å². The van der Waals surface area contributed by atoms with Crippen molar-refractivity contribution < 1.29 is 0 Å². The molecule has 0 radical (unpaired) electrons. The molecule has 0 amide bonds. The van der Waals surface area contributed by atoms with Crippen LogP contribution < -0.4 is 5.32 Å². The number of aromatic nitrogens is 1. The maximum atomic E-state index is 4.38. The molecule has 1 fully saturated rings. The highest BCUT2D eigenvalue weighted by Crippen LogP contribution is 2.39. The van der Waals surface area contributed by atoms with Gasteiger partial charge in [-0.25, -0.2) is 4.98 Å². The Hall–Kier alpha value is -1.19. The van der Waals surface area contributed by atoms with Crippen LogP contribution in [-0.2, 0) is 19.3 Å². The summed E-state index contributed by atoms with van der Waals surface area (Å²) in [7, 11) is 0. The molecule has 1 saturated carbocycles. The SMILES string of the molecule is c1ccc2c(c1)CC1CCC(C2)C1NCCc1nccs1. The van der Waals surface area contributed by atoms with Crippen LogP contribution in [0.5, 0.6) is 0 Å². The van der Waals surface area contributed by atoms with Crippen LogP contribution in [0.3, 0.4) is 0 Å². The summed E-state index contributed by atoms with van der Waals surface area (Å²) in [5.41, 5.74) is 3.19. The van der Waals surface area contributed by atoms with Crippen molar-refractivity contribution in [2.24, 2.45) is 11.8 Å². The highest BCUT2D eigenvalue weighted by atomic mass is 32.1. The molecule has 2 nitrogen and oxygen atoms in total. The van der Waals surface area contributed by atoms with Crippen LogP contribution in [0.2, 0.25) is 0 Å². The van der Waals surface area contributed by atoms with E-state index >= 15 is 0 Å². The standard InChI is InChI=1S/C18H22N2S/c1-2-4-14-12-16-6-5-15(11-13(14)3-1)18(16)20-8-7-17-19-9-10-21-17/h1-4,9-10,15-16,18,20H,5-8,11-12H2. The molecule has 110 valence electrons. The van der Waals surface area contributed by atoms with Gasteiger partial charge in [0.05, 0.1) is 5.01 Å². The zero-order valence-electron chi connectivity index (χ0n) is 12.3. The van der Waals surface area contributed by atoms with Crippen LogP contribution in [0.25, 0.3) is 0 Å². The van der Waals surface area contributed by atoms with E-state index in [2.05, 4.69) is 39.9 Å². The third-order valence-electron chi connectivity index (χ3n) is 5.21. The first-order chi connectivity index (χ1) is 10.4. The summed E-state index contributed by atoms with van der Waals surface area (Å²) < 4.78 is 0. The van der Waals surface area contributed by atoms with Gasteiger partial charge >= 0.3 is 0 Å². The molecule has 0 spiro atoms. The van der Waals surface area contributed by atoms with Crippen molar-refractivity contribution in [2.45, 2.75) is 38.1 Å². The van der Waals surface area contributed by atoms with Crippen molar-refractivity contribution in [3.63, 3.8) is 0 Å². The van der Waals surface area contributed by atoms with Gasteiger partial charge in [-0.2, -0.15) is 0 Å². The van der Waals surface area contributed by atoms with Gasteiger partial charge in [0.15, 0.2) is 0 Å². The molecule has 2 aliphatic carbocycles. The minimum atomic E-state index is 0.706. The van der Waals surface area contributed by atoms with Gasteiger partial charge in [0.1, 0.15) is 0 Å². The van der Waals surface area contributed by atoms with Crippen molar-refractivity contribution in [1.82, 2.24) is 10.3 Å². The first kappa shape index (κ1) is 13.5. The third-order valence-corrected chi connectivity index (χ3v) is 6.05. The molecule has 21 heavy (non-hydrogen) atoms. The fourth-order valence-electron chi connectivity index (χ4n) is 4.21. The van der Waals surface area contributed by atoms with Gasteiger partial charge < -0.3 is 5.32 Å². The molecule has 1 aromatic carbocycles. The highest BCUT2D eigenvalue weighted by Gasteiger charge is 2.38. The Bertz CT molecular complexity index is 560. The van der Waals surface area contributed by atoms with E-state index in [4.69, 9.17) is 0 Å². The third kappa shape index (κ3) is 2.77. The normalized spacial score (nSPS) is 27.3. The van der Waals surface area contributed by atoms with E-state index in [1.807, 2.05) is 6.20 Å². The van der Waals surface area contributed by atoms with Gasteiger partial charge in [-0.1, -0.05) is 24.3 Å². The lowest BCUT2D eigenvalue weighted by molar-refractivity contribution is 0.344. The van der Waals surface area contributed by atoms with E-state index in [0.29, 0.717) is 6.04 Å². The molecule has 1 N–H and O–H groups in total. The van der Waals surface area contributed by atoms with Crippen molar-refractivity contribution in [3.8, 4) is 0 Å². The first-order valence-corrected chi connectivity index (χ1v) is 8.96. The molecule has 2 aliphatic rings. The summed E-state index contributed by atoms with van der Waals surface area (Å²) in [6.07, 6.45) is 8.30. The molecule has 2 bridgehead atoms. The Morgan fingerprint density at radius 1 is 1.10 bits per heavy atom. The van der Waals surface area contributed by atoms with Gasteiger partial charge in [0.25, 0.3) is 0 Å². The Morgan fingerprint density at radius 3 is 2.43 bits per heavy atom. The maximum Gasteiger partial charge on any atom is 0.0937 e. The van der Waals surface area contributed by atoms with Crippen molar-refractivity contribution in [2.75, 3.05) is 6.54 Å². The molecule has 0 aliphatic heterocycles. The molecule has 2 atom stereocenters. The van der Waals surface area contributed by atoms with Gasteiger partial charge in [-0.15, -0.1) is 11.3 Å². The second-order valence-electron chi connectivity index (χ2n) is 6.43. The first-order valence-electron chi connectivity index (χ1n) is 8.08. The van der Waals surface area contributed by atoms with Crippen LogP contribution in [-0.4, -0.2) is 17.6 Å². The van der Waals surface area contributed by atoms with Crippen LogP contribution in [0.1, 0.15) is 29.0 Å². The number of rotatable bonds is 4. The Balaban J connectivity index is 1.43. The fraction of sp³-hybridized carbons (Fsp3) is 0.500. The number of fused-ring (bicyclic) bond motifs is 3. The Morgan fingerprint density at radius 2 is 1.81 bits per heavy atom. The average Bonchev–Trinajstić information content (AvgIpc) is 3.08. The van der Waals surface area contributed by atoms with Gasteiger partial charge in [-0.3, -0.25) is 0 Å². The van der Waals surface area contributed by atoms with Crippen molar-refractivity contribution >= 4 is 11.3 Å². The lowest BCUT2D eigenvalue weighted by Gasteiger charge is -2.23. The zero-order valence-corrected chi connectivity index (χ0v) is 13.1. The van der Waals surface area contributed by atoms with Gasteiger partial charge in [0, 0.05) is 30.6 Å². The number of nitrogens with one attached hydrogen (secondary N) is 1. The maximum absolute atomic E-state index is 4.38. The summed E-state index contributed by atoms with van der Waals surface area (Å²) in [5.74, 6) is 1.66. The fourth-order valence-corrected chi connectivity index (χ4v) is 4.83. The molecular weight excluding hydrogens is 276 g/mol. The summed E-state index contributed by atoms with van der Waals surface area (Å²) >= 11 is 1.77. The molecule has 2 aromatic rings. The summed E-state index contributed by atoms with van der Waals surface area (Å²) in [6.45, 7) is 1.07. The van der Waals surface area contributed by atoms with Crippen LogP contribution >= 0.6 is 11.3 Å². The number of hydrogen-bond acceptors (Lipinski definition) is 3.